The Morgan fingerprint density at radius 1 is 0.824 bits per heavy atom. The second-order valence-corrected chi connectivity index (χ2v) is 5.92. The van der Waals surface area contributed by atoms with E-state index in [4.69, 9.17) is 0 Å². The predicted molar refractivity (Wildman–Crippen MR) is 79.6 cm³/mol. The van der Waals surface area contributed by atoms with Gasteiger partial charge in [-0.2, -0.15) is 0 Å². The van der Waals surface area contributed by atoms with Gasteiger partial charge in [-0.05, 0) is 25.3 Å². The van der Waals surface area contributed by atoms with Crippen molar-refractivity contribution >= 4 is 0 Å². The number of hydrogen-bond acceptors (Lipinski definition) is 1. The highest BCUT2D eigenvalue weighted by molar-refractivity contribution is 4.74. The van der Waals surface area contributed by atoms with E-state index >= 15 is 0 Å². The topological polar surface area (TPSA) is 12.0 Å². The Hall–Kier alpha value is -0.0400. The van der Waals surface area contributed by atoms with Crippen LogP contribution in [-0.4, -0.2) is 13.6 Å². The number of rotatable bonds is 12. The first kappa shape index (κ1) is 17.0. The molecule has 0 aliphatic carbocycles. The highest BCUT2D eigenvalue weighted by atomic mass is 14.8. The molecule has 0 rings (SSSR count). The first-order chi connectivity index (χ1) is 8.18. The molecule has 0 aromatic rings. The summed E-state index contributed by atoms with van der Waals surface area (Å²) in [5, 5.41) is 3.33. The number of unbranched alkanes of at least 4 members (excludes halogenated alkanes) is 7. The van der Waals surface area contributed by atoms with Gasteiger partial charge in [-0.3, -0.25) is 0 Å². The molecule has 0 heterocycles. The molecule has 0 aliphatic heterocycles. The quantitative estimate of drug-likeness (QED) is 0.466. The monoisotopic (exact) mass is 241 g/mol. The van der Waals surface area contributed by atoms with Crippen LogP contribution in [0.3, 0.4) is 0 Å². The molecule has 17 heavy (non-hydrogen) atoms. The van der Waals surface area contributed by atoms with Gasteiger partial charge >= 0.3 is 0 Å². The normalized spacial score (nSPS) is 14.8. The average molecular weight is 241 g/mol. The zero-order chi connectivity index (χ0) is 13.0. The van der Waals surface area contributed by atoms with Crippen LogP contribution in [0.15, 0.2) is 0 Å². The van der Waals surface area contributed by atoms with E-state index in [2.05, 4.69) is 33.1 Å². The molecule has 0 aliphatic rings. The molecular formula is C16H35N. The zero-order valence-electron chi connectivity index (χ0n) is 12.8. The molecule has 0 fully saturated rings. The fourth-order valence-electron chi connectivity index (χ4n) is 2.50. The molecule has 104 valence electrons. The molecular weight excluding hydrogens is 206 g/mol. The van der Waals surface area contributed by atoms with Crippen molar-refractivity contribution in [3.63, 3.8) is 0 Å². The van der Waals surface area contributed by atoms with Crippen LogP contribution in [0.1, 0.15) is 85.0 Å². The summed E-state index contributed by atoms with van der Waals surface area (Å²) in [7, 11) is 2.07. The van der Waals surface area contributed by atoms with Gasteiger partial charge < -0.3 is 5.32 Å². The van der Waals surface area contributed by atoms with Crippen molar-refractivity contribution in [1.29, 1.82) is 0 Å². The third-order valence-corrected chi connectivity index (χ3v) is 4.09. The third-order valence-electron chi connectivity index (χ3n) is 4.09. The van der Waals surface area contributed by atoms with Crippen LogP contribution in [0.4, 0.5) is 0 Å². The van der Waals surface area contributed by atoms with E-state index in [0.717, 1.165) is 0 Å². The molecule has 0 spiro atoms. The first-order valence-electron chi connectivity index (χ1n) is 7.83. The molecule has 0 amide bonds. The van der Waals surface area contributed by atoms with Gasteiger partial charge in [-0.25, -0.2) is 0 Å². The molecule has 0 bridgehead atoms. The summed E-state index contributed by atoms with van der Waals surface area (Å²) in [5.41, 5.74) is 0.525. The van der Waals surface area contributed by atoms with E-state index in [1.54, 1.807) is 0 Å². The van der Waals surface area contributed by atoms with Crippen molar-refractivity contribution in [2.24, 2.45) is 5.41 Å². The summed E-state index contributed by atoms with van der Waals surface area (Å²) < 4.78 is 0. The van der Waals surface area contributed by atoms with Crippen LogP contribution in [0.2, 0.25) is 0 Å². The standard InChI is InChI=1S/C16H35N/c1-5-7-8-9-10-11-12-13-14-16(3,6-2)15-17-4/h17H,5-15H2,1-4H3. The Kier molecular flexibility index (Phi) is 11.0. The summed E-state index contributed by atoms with van der Waals surface area (Å²) >= 11 is 0. The predicted octanol–water partition coefficient (Wildman–Crippen LogP) is 5.15. The van der Waals surface area contributed by atoms with Gasteiger partial charge in [0.2, 0.25) is 0 Å². The smallest absolute Gasteiger partial charge is 0.000205 e. The molecule has 1 atom stereocenters. The summed E-state index contributed by atoms with van der Waals surface area (Å²) in [5.74, 6) is 0. The fraction of sp³-hybridized carbons (Fsp3) is 1.00. The molecule has 0 aromatic carbocycles. The molecule has 0 saturated heterocycles. The van der Waals surface area contributed by atoms with E-state index in [-0.39, 0.29) is 0 Å². The molecule has 0 radical (unpaired) electrons. The summed E-state index contributed by atoms with van der Waals surface area (Å²) in [4.78, 5) is 0. The van der Waals surface area contributed by atoms with Gasteiger partial charge in [0.15, 0.2) is 0 Å². The SMILES string of the molecule is CCCCCCCCCCC(C)(CC)CNC. The van der Waals surface area contributed by atoms with Gasteiger partial charge in [0.25, 0.3) is 0 Å². The van der Waals surface area contributed by atoms with Crippen molar-refractivity contribution in [3.05, 3.63) is 0 Å². The maximum absolute atomic E-state index is 3.33. The van der Waals surface area contributed by atoms with Crippen LogP contribution < -0.4 is 5.32 Å². The Morgan fingerprint density at radius 2 is 1.35 bits per heavy atom. The molecule has 1 N–H and O–H groups in total. The minimum absolute atomic E-state index is 0.525. The Labute approximate surface area is 110 Å². The van der Waals surface area contributed by atoms with Crippen LogP contribution in [0, 0.1) is 5.41 Å². The summed E-state index contributed by atoms with van der Waals surface area (Å²) in [6, 6.07) is 0. The van der Waals surface area contributed by atoms with Crippen LogP contribution in [0.25, 0.3) is 0 Å². The third kappa shape index (κ3) is 9.64. The van der Waals surface area contributed by atoms with Gasteiger partial charge in [-0.1, -0.05) is 72.1 Å². The Morgan fingerprint density at radius 3 is 1.82 bits per heavy atom. The van der Waals surface area contributed by atoms with Crippen molar-refractivity contribution in [1.82, 2.24) is 5.32 Å². The summed E-state index contributed by atoms with van der Waals surface area (Å²) in [6.07, 6.45) is 14.1. The van der Waals surface area contributed by atoms with Crippen molar-refractivity contribution < 1.29 is 0 Å². The maximum Gasteiger partial charge on any atom is 0.000205 e. The van der Waals surface area contributed by atoms with Crippen molar-refractivity contribution in [2.75, 3.05) is 13.6 Å². The van der Waals surface area contributed by atoms with E-state index in [1.165, 1.54) is 70.8 Å². The minimum atomic E-state index is 0.525. The Bertz CT molecular complexity index is 156. The lowest BCUT2D eigenvalue weighted by atomic mass is 9.82. The highest BCUT2D eigenvalue weighted by Gasteiger charge is 2.19. The van der Waals surface area contributed by atoms with Crippen molar-refractivity contribution in [2.45, 2.75) is 85.0 Å². The molecule has 0 aromatic heterocycles. The lowest BCUT2D eigenvalue weighted by Crippen LogP contribution is -2.28. The van der Waals surface area contributed by atoms with E-state index in [1.807, 2.05) is 0 Å². The van der Waals surface area contributed by atoms with Gasteiger partial charge in [0.1, 0.15) is 0 Å². The molecule has 1 nitrogen and oxygen atoms in total. The zero-order valence-corrected chi connectivity index (χ0v) is 12.8. The summed E-state index contributed by atoms with van der Waals surface area (Å²) in [6.45, 7) is 8.19. The van der Waals surface area contributed by atoms with E-state index < -0.39 is 0 Å². The van der Waals surface area contributed by atoms with Gasteiger partial charge in [0.05, 0.1) is 0 Å². The van der Waals surface area contributed by atoms with Crippen LogP contribution >= 0.6 is 0 Å². The minimum Gasteiger partial charge on any atom is -0.319 e. The second-order valence-electron chi connectivity index (χ2n) is 5.92. The van der Waals surface area contributed by atoms with Crippen molar-refractivity contribution in [3.8, 4) is 0 Å². The van der Waals surface area contributed by atoms with Crippen LogP contribution in [-0.2, 0) is 0 Å². The Balaban J connectivity index is 3.37. The molecule has 1 heteroatoms. The lowest BCUT2D eigenvalue weighted by molar-refractivity contribution is 0.265. The second kappa shape index (κ2) is 11.1. The number of nitrogens with one attached hydrogen (secondary N) is 1. The maximum atomic E-state index is 3.33. The van der Waals surface area contributed by atoms with E-state index in [9.17, 15) is 0 Å². The van der Waals surface area contributed by atoms with Gasteiger partial charge in [-0.15, -0.1) is 0 Å². The molecule has 0 saturated carbocycles. The lowest BCUT2D eigenvalue weighted by Gasteiger charge is -2.28. The molecule has 1 unspecified atom stereocenters. The largest absolute Gasteiger partial charge is 0.319 e. The highest BCUT2D eigenvalue weighted by Crippen LogP contribution is 2.27. The number of hydrogen-bond donors (Lipinski definition) is 1. The first-order valence-corrected chi connectivity index (χ1v) is 7.83. The van der Waals surface area contributed by atoms with Gasteiger partial charge in [0, 0.05) is 6.54 Å². The van der Waals surface area contributed by atoms with E-state index in [0.29, 0.717) is 5.41 Å². The van der Waals surface area contributed by atoms with Crippen LogP contribution in [0.5, 0.6) is 0 Å². The average Bonchev–Trinajstić information content (AvgIpc) is 2.33. The fourth-order valence-corrected chi connectivity index (χ4v) is 2.50.